The Bertz CT molecular complexity index is 1150. The zero-order valence-electron chi connectivity index (χ0n) is 18.2. The van der Waals surface area contributed by atoms with Crippen molar-refractivity contribution in [3.8, 4) is 0 Å². The van der Waals surface area contributed by atoms with E-state index in [-0.39, 0.29) is 41.4 Å². The van der Waals surface area contributed by atoms with Crippen molar-refractivity contribution in [3.63, 3.8) is 0 Å². The lowest BCUT2D eigenvalue weighted by Crippen LogP contribution is -2.37. The Balaban J connectivity index is 1.78. The number of aliphatic hydroxyl groups is 2. The highest BCUT2D eigenvalue weighted by Crippen LogP contribution is 2.55. The molecule has 1 fully saturated rings. The van der Waals surface area contributed by atoms with Gasteiger partial charge in [0.2, 0.25) is 5.92 Å². The summed E-state index contributed by atoms with van der Waals surface area (Å²) in [6.07, 6.45) is -4.18. The Labute approximate surface area is 202 Å². The number of aromatic nitrogens is 3. The van der Waals surface area contributed by atoms with Gasteiger partial charge in [0.15, 0.2) is 16.7 Å². The average molecular weight is 565 g/mol. The molecule has 0 bridgehead atoms. The highest BCUT2D eigenvalue weighted by atomic mass is 35.5. The summed E-state index contributed by atoms with van der Waals surface area (Å²) < 4.78 is 60.7. The largest absolute Gasteiger partial charge is 0.387 e. The molecular formula is C17H25ClF2N4O9P2. The van der Waals surface area contributed by atoms with Crippen molar-refractivity contribution in [1.82, 2.24) is 14.6 Å². The lowest BCUT2D eigenvalue weighted by atomic mass is 10.1. The second-order valence-electron chi connectivity index (χ2n) is 8.19. The first-order chi connectivity index (χ1) is 16.1. The number of aliphatic hydroxyl groups excluding tert-OH is 2. The number of imidazole rings is 1. The minimum Gasteiger partial charge on any atom is -0.387 e. The number of nitrogens with one attached hydrogen (secondary N) is 1. The van der Waals surface area contributed by atoms with E-state index >= 15 is 0 Å². The van der Waals surface area contributed by atoms with Crippen LogP contribution in [0.3, 0.4) is 0 Å². The Kier molecular flexibility index (Phi) is 8.60. The summed E-state index contributed by atoms with van der Waals surface area (Å²) in [5.74, 6) is -4.22. The summed E-state index contributed by atoms with van der Waals surface area (Å²) in [5, 5.41) is 28.2. The lowest BCUT2D eigenvalue weighted by Gasteiger charge is -2.26. The maximum absolute atomic E-state index is 13.6. The van der Waals surface area contributed by atoms with Gasteiger partial charge >= 0.3 is 15.2 Å². The summed E-state index contributed by atoms with van der Waals surface area (Å²) >= 11 is 6.06. The van der Waals surface area contributed by atoms with E-state index in [1.54, 1.807) is 0 Å². The first-order valence-corrected chi connectivity index (χ1v) is 14.1. The molecule has 35 heavy (non-hydrogen) atoms. The third-order valence-electron chi connectivity index (χ3n) is 5.34. The second kappa shape index (κ2) is 10.6. The highest BCUT2D eigenvalue weighted by molar-refractivity contribution is 7.70. The van der Waals surface area contributed by atoms with Crippen LogP contribution in [0.1, 0.15) is 31.1 Å². The number of fused-ring (bicyclic) bond motifs is 1. The van der Waals surface area contributed by atoms with Crippen LogP contribution in [-0.4, -0.2) is 83.3 Å². The number of anilines is 1. The van der Waals surface area contributed by atoms with E-state index in [1.807, 2.05) is 0 Å². The van der Waals surface area contributed by atoms with Gasteiger partial charge in [-0.2, -0.15) is 5.10 Å². The third kappa shape index (κ3) is 7.39. The number of rotatable bonds is 11. The van der Waals surface area contributed by atoms with Crippen molar-refractivity contribution in [2.45, 2.75) is 49.5 Å². The fraction of sp³-hybridized carbons (Fsp3) is 0.647. The van der Waals surface area contributed by atoms with E-state index in [0.29, 0.717) is 0 Å². The van der Waals surface area contributed by atoms with E-state index in [9.17, 15) is 33.0 Å². The predicted molar refractivity (Wildman–Crippen MR) is 119 cm³/mol. The number of nitrogens with zero attached hydrogens (tertiary/aromatic N) is 3. The summed E-state index contributed by atoms with van der Waals surface area (Å²) in [6, 6.07) is 0.846. The molecule has 0 saturated heterocycles. The molecule has 1 aliphatic carbocycles. The summed E-state index contributed by atoms with van der Waals surface area (Å²) in [5.41, 5.74) is 0.350. The van der Waals surface area contributed by atoms with Crippen LogP contribution in [0, 0.1) is 0 Å². The van der Waals surface area contributed by atoms with Crippen molar-refractivity contribution in [1.29, 1.82) is 0 Å². The highest BCUT2D eigenvalue weighted by Gasteiger charge is 2.40. The number of hydrogen-bond acceptors (Lipinski definition) is 9. The fourth-order valence-electron chi connectivity index (χ4n) is 3.70. The smallest absolute Gasteiger partial charge is 0.340 e. The molecule has 13 nitrogen and oxygen atoms in total. The standard InChI is InChI=1S/C17H25ClF2N4O9P2/c1-32-12(7-33-35(30,31)8-34(27,28)29)15(26)14(25)11-6-21-16-10(4-13(18)23-24(11)16)22-9-2-3-17(19,20)5-9/h4,6,9,12,14-15,22,25-26H,2-3,5,7-8H2,1H3,(H,30,31)(H2,27,28,29)/t9-,12-,14+,15-/m1/s1. The molecule has 0 amide bonds. The van der Waals surface area contributed by atoms with Gasteiger partial charge in [-0.05, 0) is 6.42 Å². The van der Waals surface area contributed by atoms with Crippen LogP contribution in [0.2, 0.25) is 5.15 Å². The maximum Gasteiger partial charge on any atom is 0.340 e. The van der Waals surface area contributed by atoms with Crippen molar-refractivity contribution in [3.05, 3.63) is 23.1 Å². The first kappa shape index (κ1) is 28.3. The molecule has 0 radical (unpaired) electrons. The molecule has 6 N–H and O–H groups in total. The van der Waals surface area contributed by atoms with Crippen molar-refractivity contribution < 1.29 is 52.1 Å². The molecule has 0 aliphatic heterocycles. The maximum atomic E-state index is 13.6. The average Bonchev–Trinajstić information content (AvgIpc) is 3.28. The Hall–Kier alpha value is -1.25. The van der Waals surface area contributed by atoms with Crippen LogP contribution in [0.4, 0.5) is 14.5 Å². The lowest BCUT2D eigenvalue weighted by molar-refractivity contribution is -0.0926. The Morgan fingerprint density at radius 2 is 2.03 bits per heavy atom. The topological polar surface area (TPSA) is 196 Å². The van der Waals surface area contributed by atoms with Crippen LogP contribution in [0.15, 0.2) is 12.3 Å². The number of hydrogen-bond donors (Lipinski definition) is 6. The van der Waals surface area contributed by atoms with Crippen molar-refractivity contribution in [2.75, 3.05) is 24.9 Å². The fourth-order valence-corrected chi connectivity index (χ4v) is 6.46. The number of alkyl halides is 2. The minimum atomic E-state index is -4.86. The van der Waals surface area contributed by atoms with Crippen molar-refractivity contribution in [2.24, 2.45) is 0 Å². The van der Waals surface area contributed by atoms with Gasteiger partial charge in [-0.1, -0.05) is 11.6 Å². The van der Waals surface area contributed by atoms with E-state index < -0.39 is 58.0 Å². The monoisotopic (exact) mass is 564 g/mol. The van der Waals surface area contributed by atoms with Crippen LogP contribution >= 0.6 is 26.8 Å². The van der Waals surface area contributed by atoms with Gasteiger partial charge < -0.3 is 39.5 Å². The van der Waals surface area contributed by atoms with E-state index in [0.717, 1.165) is 11.6 Å². The normalized spacial score (nSPS) is 22.6. The van der Waals surface area contributed by atoms with Gasteiger partial charge in [-0.25, -0.2) is 18.3 Å². The molecular weight excluding hydrogens is 540 g/mol. The Morgan fingerprint density at radius 1 is 1.34 bits per heavy atom. The number of ether oxygens (including phenoxy) is 1. The molecule has 2 aromatic heterocycles. The van der Waals surface area contributed by atoms with Gasteiger partial charge in [0.1, 0.15) is 18.3 Å². The number of methoxy groups -OCH3 is 1. The van der Waals surface area contributed by atoms with Gasteiger partial charge in [0.05, 0.1) is 24.2 Å². The zero-order chi connectivity index (χ0) is 26.2. The molecule has 2 aromatic rings. The third-order valence-corrected chi connectivity index (χ3v) is 8.98. The summed E-state index contributed by atoms with van der Waals surface area (Å²) in [4.78, 5) is 31.5. The second-order valence-corrected chi connectivity index (χ2v) is 12.6. The molecule has 3 rings (SSSR count). The van der Waals surface area contributed by atoms with Crippen LogP contribution < -0.4 is 5.32 Å². The zero-order valence-corrected chi connectivity index (χ0v) is 20.8. The van der Waals surface area contributed by atoms with E-state index in [4.69, 9.17) is 26.1 Å². The molecule has 2 heterocycles. The SMILES string of the molecule is CO[C@H](COP(=O)(O)CP(=O)(O)O)[C@@H](O)[C@@H](O)c1cnc2c(N[C@@H]3CCC(F)(F)C3)cc(Cl)nn12. The predicted octanol–water partition coefficient (Wildman–Crippen LogP) is 1.73. The summed E-state index contributed by atoms with van der Waals surface area (Å²) in [7, 11) is -8.49. The van der Waals surface area contributed by atoms with Crippen molar-refractivity contribution >= 4 is 38.1 Å². The first-order valence-electron chi connectivity index (χ1n) is 10.2. The Morgan fingerprint density at radius 3 is 2.60 bits per heavy atom. The molecule has 198 valence electrons. The molecule has 0 aromatic carbocycles. The summed E-state index contributed by atoms with van der Waals surface area (Å²) in [6.45, 7) is -0.796. The van der Waals surface area contributed by atoms with E-state index in [2.05, 4.69) is 19.9 Å². The minimum absolute atomic E-state index is 0.0593. The number of halogens is 3. The molecule has 1 unspecified atom stereocenters. The van der Waals surface area contributed by atoms with Crippen LogP contribution in [0.25, 0.3) is 5.65 Å². The van der Waals surface area contributed by atoms with E-state index in [1.165, 1.54) is 12.3 Å². The molecule has 1 saturated carbocycles. The van der Waals surface area contributed by atoms with Gasteiger partial charge in [0, 0.05) is 32.1 Å². The molecule has 18 heteroatoms. The van der Waals surface area contributed by atoms with Gasteiger partial charge in [0.25, 0.3) is 0 Å². The molecule has 0 spiro atoms. The molecule has 5 atom stereocenters. The molecule has 1 aliphatic rings. The van der Waals surface area contributed by atoms with Gasteiger partial charge in [-0.3, -0.25) is 9.13 Å². The van der Waals surface area contributed by atoms with Gasteiger partial charge in [-0.15, -0.1) is 0 Å². The van der Waals surface area contributed by atoms with Crippen LogP contribution in [-0.2, 0) is 18.4 Å². The van der Waals surface area contributed by atoms with Crippen LogP contribution in [0.5, 0.6) is 0 Å². The quantitative estimate of drug-likeness (QED) is 0.217.